The van der Waals surface area contributed by atoms with Gasteiger partial charge in [-0.15, -0.1) is 12.4 Å². The number of rotatable bonds is 3. The van der Waals surface area contributed by atoms with Crippen LogP contribution in [0.25, 0.3) is 22.4 Å². The highest BCUT2D eigenvalue weighted by molar-refractivity contribution is 6.33. The number of piperidine rings is 1. The largest absolute Gasteiger partial charge is 0.481 e. The van der Waals surface area contributed by atoms with Crippen molar-refractivity contribution in [1.82, 2.24) is 9.97 Å². The number of halogens is 2. The number of H-pyrrole nitrogens is 1. The fourth-order valence-corrected chi connectivity index (χ4v) is 3.73. The summed E-state index contributed by atoms with van der Waals surface area (Å²) in [6.07, 6.45) is 1.33. The number of aromatic nitrogens is 2. The lowest BCUT2D eigenvalue weighted by Gasteiger charge is -2.32. The Labute approximate surface area is 168 Å². The zero-order valence-electron chi connectivity index (χ0n) is 14.9. The maximum atomic E-state index is 11.1. The molecule has 27 heavy (non-hydrogen) atoms. The second kappa shape index (κ2) is 7.79. The fraction of sp³-hybridized carbons (Fsp3) is 0.300. The van der Waals surface area contributed by atoms with Gasteiger partial charge in [-0.05, 0) is 55.7 Å². The van der Waals surface area contributed by atoms with Crippen LogP contribution >= 0.6 is 24.0 Å². The van der Waals surface area contributed by atoms with Crippen LogP contribution in [-0.2, 0) is 4.79 Å². The fourth-order valence-electron chi connectivity index (χ4n) is 3.52. The van der Waals surface area contributed by atoms with E-state index in [0.717, 1.165) is 46.8 Å². The summed E-state index contributed by atoms with van der Waals surface area (Å²) in [6.45, 7) is 3.51. The molecule has 5 nitrogen and oxygen atoms in total. The van der Waals surface area contributed by atoms with Gasteiger partial charge in [-0.2, -0.15) is 0 Å². The van der Waals surface area contributed by atoms with Crippen LogP contribution in [0.5, 0.6) is 0 Å². The normalized spacial score (nSPS) is 15.0. The highest BCUT2D eigenvalue weighted by Crippen LogP contribution is 2.33. The minimum atomic E-state index is -0.695. The predicted molar refractivity (Wildman–Crippen MR) is 111 cm³/mol. The number of carbonyl (C=O) groups is 1. The van der Waals surface area contributed by atoms with E-state index in [-0.39, 0.29) is 18.3 Å². The summed E-state index contributed by atoms with van der Waals surface area (Å²) in [5, 5.41) is 9.81. The van der Waals surface area contributed by atoms with Crippen molar-refractivity contribution >= 4 is 46.7 Å². The second-order valence-electron chi connectivity index (χ2n) is 6.87. The van der Waals surface area contributed by atoms with E-state index in [1.54, 1.807) is 0 Å². The SMILES string of the molecule is Cc1ccc2[nH]c(-c3cc(N4CCC(C(=O)O)CC4)ccc3Cl)nc2c1.Cl. The Morgan fingerprint density at radius 2 is 1.96 bits per heavy atom. The first-order valence-electron chi connectivity index (χ1n) is 8.75. The average Bonchev–Trinajstić information content (AvgIpc) is 3.05. The summed E-state index contributed by atoms with van der Waals surface area (Å²) in [6, 6.07) is 12.0. The topological polar surface area (TPSA) is 69.2 Å². The number of aromatic amines is 1. The van der Waals surface area contributed by atoms with Crippen LogP contribution in [0, 0.1) is 12.8 Å². The van der Waals surface area contributed by atoms with Crippen molar-refractivity contribution in [3.63, 3.8) is 0 Å². The third kappa shape index (κ3) is 3.89. The lowest BCUT2D eigenvalue weighted by Crippen LogP contribution is -2.36. The van der Waals surface area contributed by atoms with Crippen LogP contribution < -0.4 is 4.90 Å². The van der Waals surface area contributed by atoms with Gasteiger partial charge in [0.1, 0.15) is 5.82 Å². The minimum Gasteiger partial charge on any atom is -0.481 e. The summed E-state index contributed by atoms with van der Waals surface area (Å²) < 4.78 is 0. The first-order valence-corrected chi connectivity index (χ1v) is 9.13. The van der Waals surface area contributed by atoms with E-state index in [1.165, 1.54) is 0 Å². The molecule has 2 aromatic carbocycles. The van der Waals surface area contributed by atoms with Crippen LogP contribution in [0.3, 0.4) is 0 Å². The number of hydrogen-bond acceptors (Lipinski definition) is 3. The molecule has 1 fully saturated rings. The molecule has 7 heteroatoms. The van der Waals surface area contributed by atoms with Crippen LogP contribution in [-0.4, -0.2) is 34.1 Å². The Morgan fingerprint density at radius 1 is 1.22 bits per heavy atom. The first kappa shape index (κ1) is 19.5. The summed E-state index contributed by atoms with van der Waals surface area (Å²) in [4.78, 5) is 21.4. The number of aryl methyl sites for hydroxylation is 1. The van der Waals surface area contributed by atoms with Gasteiger partial charge in [-0.3, -0.25) is 4.79 Å². The molecule has 0 amide bonds. The molecule has 2 N–H and O–H groups in total. The molecule has 142 valence electrons. The number of hydrogen-bond donors (Lipinski definition) is 2. The molecule has 3 aromatic rings. The number of imidazole rings is 1. The Morgan fingerprint density at radius 3 is 2.67 bits per heavy atom. The van der Waals surface area contributed by atoms with Gasteiger partial charge in [0.25, 0.3) is 0 Å². The maximum absolute atomic E-state index is 11.1. The number of aliphatic carboxylic acids is 1. The van der Waals surface area contributed by atoms with Gasteiger partial charge in [0.05, 0.1) is 22.0 Å². The van der Waals surface area contributed by atoms with Crippen LogP contribution in [0.4, 0.5) is 5.69 Å². The van der Waals surface area contributed by atoms with Crippen molar-refractivity contribution in [2.24, 2.45) is 5.92 Å². The molecule has 1 aromatic heterocycles. The number of anilines is 1. The number of nitrogens with zero attached hydrogens (tertiary/aromatic N) is 2. The Kier molecular flexibility index (Phi) is 5.63. The summed E-state index contributed by atoms with van der Waals surface area (Å²) >= 11 is 6.44. The Bertz CT molecular complexity index is 979. The van der Waals surface area contributed by atoms with Gasteiger partial charge in [-0.1, -0.05) is 17.7 Å². The standard InChI is InChI=1S/C20H20ClN3O2.ClH/c1-12-2-5-17-18(10-12)23-19(22-17)15-11-14(3-4-16(15)21)24-8-6-13(7-9-24)20(25)26;/h2-5,10-11,13H,6-9H2,1H3,(H,22,23)(H,25,26);1H. The smallest absolute Gasteiger partial charge is 0.306 e. The Balaban J connectivity index is 0.00000210. The highest BCUT2D eigenvalue weighted by Gasteiger charge is 2.25. The molecule has 0 saturated carbocycles. The number of carboxylic acids is 1. The van der Waals surface area contributed by atoms with Crippen molar-refractivity contribution in [1.29, 1.82) is 0 Å². The van der Waals surface area contributed by atoms with Crippen molar-refractivity contribution in [2.75, 3.05) is 18.0 Å². The number of carboxylic acid groups (broad SMARTS) is 1. The lowest BCUT2D eigenvalue weighted by atomic mass is 9.96. The summed E-state index contributed by atoms with van der Waals surface area (Å²) in [7, 11) is 0. The zero-order valence-corrected chi connectivity index (χ0v) is 16.5. The van der Waals surface area contributed by atoms with Gasteiger partial charge in [0.15, 0.2) is 0 Å². The molecule has 0 bridgehead atoms. The van der Waals surface area contributed by atoms with Crippen molar-refractivity contribution in [2.45, 2.75) is 19.8 Å². The summed E-state index contributed by atoms with van der Waals surface area (Å²) in [5.74, 6) is -0.187. The van der Waals surface area contributed by atoms with Gasteiger partial charge < -0.3 is 15.0 Å². The van der Waals surface area contributed by atoms with E-state index < -0.39 is 5.97 Å². The molecular formula is C20H21Cl2N3O2. The van der Waals surface area contributed by atoms with Crippen LogP contribution in [0.15, 0.2) is 36.4 Å². The van der Waals surface area contributed by atoms with Crippen LogP contribution in [0.1, 0.15) is 18.4 Å². The average molecular weight is 406 g/mol. The zero-order chi connectivity index (χ0) is 18.3. The minimum absolute atomic E-state index is 0. The summed E-state index contributed by atoms with van der Waals surface area (Å²) in [5.41, 5.74) is 4.97. The molecule has 0 spiro atoms. The Hall–Kier alpha value is -2.24. The first-order chi connectivity index (χ1) is 12.5. The van der Waals surface area contributed by atoms with E-state index in [1.807, 2.05) is 37.3 Å². The van der Waals surface area contributed by atoms with Gasteiger partial charge in [-0.25, -0.2) is 4.98 Å². The van der Waals surface area contributed by atoms with E-state index in [0.29, 0.717) is 17.9 Å². The number of nitrogens with one attached hydrogen (secondary N) is 1. The monoisotopic (exact) mass is 405 g/mol. The third-order valence-electron chi connectivity index (χ3n) is 5.05. The molecule has 1 aliphatic heterocycles. The van der Waals surface area contributed by atoms with Crippen molar-refractivity contribution < 1.29 is 9.90 Å². The highest BCUT2D eigenvalue weighted by atomic mass is 35.5. The second-order valence-corrected chi connectivity index (χ2v) is 7.28. The van der Waals surface area contributed by atoms with E-state index in [2.05, 4.69) is 20.9 Å². The van der Waals surface area contributed by atoms with Crippen molar-refractivity contribution in [3.05, 3.63) is 47.0 Å². The third-order valence-corrected chi connectivity index (χ3v) is 5.38. The lowest BCUT2D eigenvalue weighted by molar-refractivity contribution is -0.142. The van der Waals surface area contributed by atoms with Crippen LogP contribution in [0.2, 0.25) is 5.02 Å². The molecule has 0 atom stereocenters. The predicted octanol–water partition coefficient (Wildman–Crippen LogP) is 4.91. The quantitative estimate of drug-likeness (QED) is 0.648. The molecule has 0 aliphatic carbocycles. The molecular weight excluding hydrogens is 385 g/mol. The van der Waals surface area contributed by atoms with E-state index in [4.69, 9.17) is 16.7 Å². The molecule has 4 rings (SSSR count). The number of fused-ring (bicyclic) bond motifs is 1. The molecule has 2 heterocycles. The maximum Gasteiger partial charge on any atom is 0.306 e. The van der Waals surface area contributed by atoms with Gasteiger partial charge >= 0.3 is 5.97 Å². The molecule has 1 saturated heterocycles. The van der Waals surface area contributed by atoms with Gasteiger partial charge in [0, 0.05) is 24.3 Å². The van der Waals surface area contributed by atoms with E-state index >= 15 is 0 Å². The molecule has 0 unspecified atom stereocenters. The molecule has 0 radical (unpaired) electrons. The van der Waals surface area contributed by atoms with Crippen molar-refractivity contribution in [3.8, 4) is 11.4 Å². The van der Waals surface area contributed by atoms with Gasteiger partial charge in [0.2, 0.25) is 0 Å². The molecule has 1 aliphatic rings. The number of benzene rings is 2. The van der Waals surface area contributed by atoms with E-state index in [9.17, 15) is 4.79 Å².